The van der Waals surface area contributed by atoms with E-state index in [2.05, 4.69) is 57.7 Å². The maximum absolute atomic E-state index is 11.6. The minimum atomic E-state index is -0.367. The Bertz CT molecular complexity index is 1390. The van der Waals surface area contributed by atoms with Crippen molar-refractivity contribution in [1.82, 2.24) is 30.4 Å². The summed E-state index contributed by atoms with van der Waals surface area (Å²) in [6.45, 7) is 6.68. The van der Waals surface area contributed by atoms with Crippen LogP contribution in [0, 0.1) is 0 Å². The zero-order chi connectivity index (χ0) is 26.6. The Morgan fingerprint density at radius 1 is 1.08 bits per heavy atom. The molecule has 0 radical (unpaired) electrons. The molecule has 9 heteroatoms. The summed E-state index contributed by atoms with van der Waals surface area (Å²) in [6.07, 6.45) is 0. The average molecular weight is 513 g/mol. The first-order chi connectivity index (χ1) is 18.4. The number of nitrogens with zero attached hydrogens (tertiary/aromatic N) is 5. The van der Waals surface area contributed by atoms with E-state index < -0.39 is 0 Å². The number of nitrogens with one attached hydrogen (secondary N) is 1. The minimum absolute atomic E-state index is 0.00676. The fourth-order valence-corrected chi connectivity index (χ4v) is 4.95. The molecule has 1 aromatic heterocycles. The van der Waals surface area contributed by atoms with Gasteiger partial charge in [-0.3, -0.25) is 4.90 Å². The summed E-state index contributed by atoms with van der Waals surface area (Å²) in [5, 5.41) is 26.8. The van der Waals surface area contributed by atoms with Crippen LogP contribution in [0.5, 0.6) is 5.75 Å². The van der Waals surface area contributed by atoms with Gasteiger partial charge in [-0.25, -0.2) is 4.79 Å². The van der Waals surface area contributed by atoms with Gasteiger partial charge in [0.15, 0.2) is 0 Å². The van der Waals surface area contributed by atoms with Crippen LogP contribution in [-0.2, 0) is 11.3 Å². The molecule has 1 saturated heterocycles. The average Bonchev–Trinajstić information content (AvgIpc) is 3.40. The highest BCUT2D eigenvalue weighted by Gasteiger charge is 2.31. The summed E-state index contributed by atoms with van der Waals surface area (Å²) in [6, 6.07) is 23.6. The molecule has 1 fully saturated rings. The number of hydrogen-bond acceptors (Lipinski definition) is 8. The number of rotatable bonds is 7. The van der Waals surface area contributed by atoms with Crippen molar-refractivity contribution in [3.05, 3.63) is 95.1 Å². The maximum Gasteiger partial charge on any atom is 0.337 e. The number of carbonyl (C=O) groups is 1. The van der Waals surface area contributed by atoms with Crippen LogP contribution in [0.15, 0.2) is 72.8 Å². The third kappa shape index (κ3) is 5.58. The number of aromatic nitrogens is 4. The molecule has 9 nitrogen and oxygen atoms in total. The lowest BCUT2D eigenvalue weighted by atomic mass is 9.93. The first-order valence-corrected chi connectivity index (χ1v) is 12.7. The molecule has 196 valence electrons. The van der Waals surface area contributed by atoms with Gasteiger partial charge in [0.05, 0.1) is 25.3 Å². The Hall–Kier alpha value is -4.08. The lowest BCUT2D eigenvalue weighted by Gasteiger charge is -2.43. The molecule has 3 atom stereocenters. The first-order valence-electron chi connectivity index (χ1n) is 12.7. The second-order valence-electron chi connectivity index (χ2n) is 9.81. The number of esters is 1. The number of hydrogen-bond donors (Lipinski definition) is 2. The van der Waals surface area contributed by atoms with Crippen LogP contribution in [-0.4, -0.2) is 68.5 Å². The molecule has 0 unspecified atom stereocenters. The highest BCUT2D eigenvalue weighted by molar-refractivity contribution is 5.89. The molecule has 0 aliphatic carbocycles. The predicted octanol–water partition coefficient (Wildman–Crippen LogP) is 3.65. The van der Waals surface area contributed by atoms with Gasteiger partial charge in [-0.05, 0) is 60.0 Å². The van der Waals surface area contributed by atoms with E-state index in [0.29, 0.717) is 30.0 Å². The number of phenolic OH excluding ortho intramolecular Hbond substituents is 1. The van der Waals surface area contributed by atoms with Crippen LogP contribution >= 0.6 is 0 Å². The van der Waals surface area contributed by atoms with Gasteiger partial charge in [0.2, 0.25) is 5.82 Å². The molecule has 2 N–H and O–H groups in total. The topological polar surface area (TPSA) is 105 Å². The van der Waals surface area contributed by atoms with Crippen molar-refractivity contribution in [2.24, 2.45) is 0 Å². The number of piperazine rings is 1. The fraction of sp³-hybridized carbons (Fsp3) is 0.310. The van der Waals surface area contributed by atoms with Crippen molar-refractivity contribution < 1.29 is 14.6 Å². The molecular formula is C29H32N6O3. The number of ether oxygens (including phenoxy) is 1. The second kappa shape index (κ2) is 11.1. The van der Waals surface area contributed by atoms with Crippen molar-refractivity contribution >= 4 is 5.97 Å². The minimum Gasteiger partial charge on any atom is -0.508 e. The first kappa shape index (κ1) is 25.6. The number of carbonyl (C=O) groups excluding carboxylic acids is 1. The molecule has 1 aliphatic rings. The summed E-state index contributed by atoms with van der Waals surface area (Å²) < 4.78 is 4.75. The molecule has 0 spiro atoms. The molecule has 0 amide bonds. The van der Waals surface area contributed by atoms with Gasteiger partial charge in [-0.15, -0.1) is 10.2 Å². The maximum atomic E-state index is 11.6. The molecule has 3 aromatic carbocycles. The standard InChI is InChI=1S/C29H32N6O3/c1-19-17-34(20(2)16-30-19)27(25-5-4-6-26(36)15-25)22-11-13-23(14-12-22)28-31-33-35(32-28)18-21-7-9-24(10-8-21)29(37)38-3/h4-15,19-20,27,30,36H,16-18H2,1-3H3/t19-,20+,27-/m1/s1. The Labute approximate surface area is 222 Å². The van der Waals surface area contributed by atoms with E-state index in [1.54, 1.807) is 18.2 Å². The number of benzene rings is 3. The zero-order valence-electron chi connectivity index (χ0n) is 21.8. The quantitative estimate of drug-likeness (QED) is 0.362. The van der Waals surface area contributed by atoms with Crippen LogP contribution in [0.4, 0.5) is 0 Å². The van der Waals surface area contributed by atoms with E-state index in [-0.39, 0.29) is 17.8 Å². The van der Waals surface area contributed by atoms with E-state index in [1.165, 1.54) is 11.9 Å². The highest BCUT2D eigenvalue weighted by Crippen LogP contribution is 2.34. The van der Waals surface area contributed by atoms with Crippen molar-refractivity contribution in [2.45, 2.75) is 38.5 Å². The van der Waals surface area contributed by atoms with Gasteiger partial charge < -0.3 is 15.2 Å². The smallest absolute Gasteiger partial charge is 0.337 e. The molecule has 38 heavy (non-hydrogen) atoms. The molecule has 1 aliphatic heterocycles. The van der Waals surface area contributed by atoms with E-state index in [4.69, 9.17) is 4.74 Å². The Morgan fingerprint density at radius 3 is 2.55 bits per heavy atom. The summed E-state index contributed by atoms with van der Waals surface area (Å²) in [5.41, 5.74) is 4.51. The Morgan fingerprint density at radius 2 is 1.84 bits per heavy atom. The third-order valence-corrected chi connectivity index (χ3v) is 6.97. The van der Waals surface area contributed by atoms with Gasteiger partial charge in [0.25, 0.3) is 0 Å². The monoisotopic (exact) mass is 512 g/mol. The van der Waals surface area contributed by atoms with Crippen molar-refractivity contribution in [1.29, 1.82) is 0 Å². The van der Waals surface area contributed by atoms with Crippen molar-refractivity contribution in [3.8, 4) is 17.1 Å². The Balaban J connectivity index is 1.36. The summed E-state index contributed by atoms with van der Waals surface area (Å²) in [4.78, 5) is 15.7. The van der Waals surface area contributed by atoms with Crippen molar-refractivity contribution in [2.75, 3.05) is 20.2 Å². The second-order valence-corrected chi connectivity index (χ2v) is 9.81. The summed E-state index contributed by atoms with van der Waals surface area (Å²) in [5.74, 6) is 0.440. The number of aromatic hydroxyl groups is 1. The molecule has 0 saturated carbocycles. The predicted molar refractivity (Wildman–Crippen MR) is 144 cm³/mol. The molecular weight excluding hydrogens is 480 g/mol. The molecule has 4 aromatic rings. The van der Waals surface area contributed by atoms with E-state index >= 15 is 0 Å². The van der Waals surface area contributed by atoms with Crippen molar-refractivity contribution in [3.63, 3.8) is 0 Å². The zero-order valence-corrected chi connectivity index (χ0v) is 21.8. The van der Waals surface area contributed by atoms with E-state index in [0.717, 1.165) is 35.3 Å². The third-order valence-electron chi connectivity index (χ3n) is 6.97. The van der Waals surface area contributed by atoms with Crippen LogP contribution in [0.2, 0.25) is 0 Å². The fourth-order valence-electron chi connectivity index (χ4n) is 4.95. The largest absolute Gasteiger partial charge is 0.508 e. The lowest BCUT2D eigenvalue weighted by Crippen LogP contribution is -2.55. The summed E-state index contributed by atoms with van der Waals surface area (Å²) >= 11 is 0. The normalized spacial score (nSPS) is 18.7. The highest BCUT2D eigenvalue weighted by atomic mass is 16.5. The van der Waals surface area contributed by atoms with E-state index in [1.807, 2.05) is 36.4 Å². The van der Waals surface area contributed by atoms with E-state index in [9.17, 15) is 9.90 Å². The number of tetrazole rings is 1. The molecule has 0 bridgehead atoms. The number of methoxy groups -OCH3 is 1. The SMILES string of the molecule is COC(=O)c1ccc(Cn2nnc(-c3ccc([C@H](c4cccc(O)c4)N4C[C@@H](C)NC[C@@H]4C)cc3)n2)cc1. The van der Waals surface area contributed by atoms with Crippen LogP contribution in [0.3, 0.4) is 0 Å². The van der Waals surface area contributed by atoms with Crippen LogP contribution in [0.25, 0.3) is 11.4 Å². The lowest BCUT2D eigenvalue weighted by molar-refractivity contribution is 0.0600. The molecule has 5 rings (SSSR count). The molecule has 2 heterocycles. The van der Waals surface area contributed by atoms with Crippen LogP contribution in [0.1, 0.15) is 46.9 Å². The number of phenols is 1. The van der Waals surface area contributed by atoms with Gasteiger partial charge in [-0.1, -0.05) is 48.5 Å². The van der Waals surface area contributed by atoms with Crippen LogP contribution < -0.4 is 5.32 Å². The van der Waals surface area contributed by atoms with Gasteiger partial charge in [0, 0.05) is 30.7 Å². The Kier molecular flexibility index (Phi) is 7.48. The van der Waals surface area contributed by atoms with Gasteiger partial charge >= 0.3 is 5.97 Å². The van der Waals surface area contributed by atoms with Gasteiger partial charge in [0.1, 0.15) is 5.75 Å². The summed E-state index contributed by atoms with van der Waals surface area (Å²) in [7, 11) is 1.36. The van der Waals surface area contributed by atoms with Gasteiger partial charge in [-0.2, -0.15) is 4.80 Å².